The maximum atomic E-state index is 5.76. The van der Waals surface area contributed by atoms with Crippen LogP contribution in [0.3, 0.4) is 0 Å². The van der Waals surface area contributed by atoms with E-state index in [1.54, 1.807) is 6.26 Å². The molecule has 0 spiro atoms. The predicted molar refractivity (Wildman–Crippen MR) is 82.3 cm³/mol. The number of likely N-dealkylation sites (N-methyl/N-ethyl adjacent to an activating group) is 2. The van der Waals surface area contributed by atoms with E-state index in [-0.39, 0.29) is 11.6 Å². The normalized spacial score (nSPS) is 20.1. The lowest BCUT2D eigenvalue weighted by Crippen LogP contribution is -2.54. The quantitative estimate of drug-likeness (QED) is 0.856. The number of halogens is 1. The van der Waals surface area contributed by atoms with Crippen molar-refractivity contribution in [2.45, 2.75) is 51.1 Å². The summed E-state index contributed by atoms with van der Waals surface area (Å²) in [6.07, 6.45) is 6.88. The summed E-state index contributed by atoms with van der Waals surface area (Å²) in [7, 11) is 2.04. The molecule has 1 aromatic heterocycles. The van der Waals surface area contributed by atoms with Gasteiger partial charge in [0.2, 0.25) is 0 Å². The minimum absolute atomic E-state index is 0.193. The van der Waals surface area contributed by atoms with E-state index in [4.69, 9.17) is 4.42 Å². The van der Waals surface area contributed by atoms with Gasteiger partial charge in [0.05, 0.1) is 16.8 Å². The Labute approximate surface area is 124 Å². The molecule has 1 saturated carbocycles. The van der Waals surface area contributed by atoms with Gasteiger partial charge in [0, 0.05) is 5.54 Å². The van der Waals surface area contributed by atoms with Gasteiger partial charge in [0.15, 0.2) is 0 Å². The summed E-state index contributed by atoms with van der Waals surface area (Å²) >= 11 is 3.62. The highest BCUT2D eigenvalue weighted by Gasteiger charge is 2.46. The molecule has 1 aliphatic carbocycles. The van der Waals surface area contributed by atoms with Crippen molar-refractivity contribution in [2.75, 3.05) is 20.1 Å². The Morgan fingerprint density at radius 3 is 2.42 bits per heavy atom. The third-order valence-electron chi connectivity index (χ3n) is 4.60. The number of furan rings is 1. The smallest absolute Gasteiger partial charge is 0.136 e. The van der Waals surface area contributed by atoms with E-state index in [1.165, 1.54) is 25.7 Å². The van der Waals surface area contributed by atoms with Crippen molar-refractivity contribution < 1.29 is 4.42 Å². The summed E-state index contributed by atoms with van der Waals surface area (Å²) in [5.41, 5.74) is 0.193. The van der Waals surface area contributed by atoms with Gasteiger partial charge in [0.1, 0.15) is 5.76 Å². The fourth-order valence-corrected chi connectivity index (χ4v) is 4.21. The number of hydrogen-bond donors (Lipinski definition) is 1. The number of hydrogen-bond acceptors (Lipinski definition) is 3. The molecule has 0 saturated heterocycles. The number of rotatable bonds is 6. The molecular formula is C15H25BrN2O. The van der Waals surface area contributed by atoms with Crippen molar-refractivity contribution in [3.63, 3.8) is 0 Å². The molecule has 1 atom stereocenters. The third kappa shape index (κ3) is 2.63. The zero-order chi connectivity index (χ0) is 13.9. The van der Waals surface area contributed by atoms with Gasteiger partial charge in [-0.2, -0.15) is 0 Å². The molecule has 108 valence electrons. The summed E-state index contributed by atoms with van der Waals surface area (Å²) in [5.74, 6) is 1.04. The van der Waals surface area contributed by atoms with Crippen LogP contribution < -0.4 is 5.32 Å². The van der Waals surface area contributed by atoms with E-state index in [0.29, 0.717) is 0 Å². The van der Waals surface area contributed by atoms with Crippen molar-refractivity contribution >= 4 is 15.9 Å². The van der Waals surface area contributed by atoms with E-state index < -0.39 is 0 Å². The molecular weight excluding hydrogens is 304 g/mol. The molecule has 4 heteroatoms. The number of nitrogens with zero attached hydrogens (tertiary/aromatic N) is 1. The minimum Gasteiger partial charge on any atom is -0.466 e. The van der Waals surface area contributed by atoms with Gasteiger partial charge < -0.3 is 9.73 Å². The van der Waals surface area contributed by atoms with Crippen LogP contribution in [0.5, 0.6) is 0 Å². The zero-order valence-corrected chi connectivity index (χ0v) is 13.8. The van der Waals surface area contributed by atoms with Crippen LogP contribution in [-0.2, 0) is 0 Å². The molecule has 0 bridgehead atoms. The van der Waals surface area contributed by atoms with Crippen LogP contribution >= 0.6 is 15.9 Å². The first kappa shape index (κ1) is 15.1. The molecule has 1 fully saturated rings. The average Bonchev–Trinajstić information content (AvgIpc) is 3.04. The zero-order valence-electron chi connectivity index (χ0n) is 12.2. The molecule has 1 heterocycles. The maximum absolute atomic E-state index is 5.76. The first-order valence-corrected chi connectivity index (χ1v) is 8.14. The van der Waals surface area contributed by atoms with Crippen molar-refractivity contribution in [1.82, 2.24) is 10.2 Å². The van der Waals surface area contributed by atoms with Crippen molar-refractivity contribution in [3.05, 3.63) is 22.6 Å². The molecule has 0 radical (unpaired) electrons. The maximum Gasteiger partial charge on any atom is 0.136 e. The van der Waals surface area contributed by atoms with Gasteiger partial charge in [-0.05, 0) is 55.0 Å². The molecule has 1 N–H and O–H groups in total. The van der Waals surface area contributed by atoms with Crippen molar-refractivity contribution in [3.8, 4) is 0 Å². The summed E-state index contributed by atoms with van der Waals surface area (Å²) in [4.78, 5) is 2.61. The Kier molecular flexibility index (Phi) is 5.09. The molecule has 1 aromatic rings. The first-order chi connectivity index (χ1) is 9.19. The van der Waals surface area contributed by atoms with Crippen LogP contribution in [0.4, 0.5) is 0 Å². The summed E-state index contributed by atoms with van der Waals surface area (Å²) < 4.78 is 6.83. The topological polar surface area (TPSA) is 28.4 Å². The highest BCUT2D eigenvalue weighted by molar-refractivity contribution is 9.10. The standard InChI is InChI=1S/C15H25BrN2O/c1-4-18(5-2)15(9-6-7-10-15)14(17-3)13-12(16)8-11-19-13/h8,11,14,17H,4-7,9-10H2,1-3H3. The van der Waals surface area contributed by atoms with Crippen LogP contribution in [-0.4, -0.2) is 30.6 Å². The first-order valence-electron chi connectivity index (χ1n) is 7.34. The molecule has 2 rings (SSSR count). The molecule has 19 heavy (non-hydrogen) atoms. The molecule has 0 aromatic carbocycles. The molecule has 0 aliphatic heterocycles. The predicted octanol–water partition coefficient (Wildman–Crippen LogP) is 3.96. The van der Waals surface area contributed by atoms with Gasteiger partial charge in [-0.1, -0.05) is 26.7 Å². The molecule has 1 unspecified atom stereocenters. The monoisotopic (exact) mass is 328 g/mol. The second-order valence-corrected chi connectivity index (χ2v) is 6.19. The van der Waals surface area contributed by atoms with Crippen LogP contribution in [0.2, 0.25) is 0 Å². The van der Waals surface area contributed by atoms with Gasteiger partial charge in [0.25, 0.3) is 0 Å². The highest BCUT2D eigenvalue weighted by Crippen LogP contribution is 2.45. The molecule has 0 amide bonds. The average molecular weight is 329 g/mol. The second-order valence-electron chi connectivity index (χ2n) is 5.34. The lowest BCUT2D eigenvalue weighted by Gasteiger charge is -2.45. The summed E-state index contributed by atoms with van der Waals surface area (Å²) in [6, 6.07) is 2.24. The fraction of sp³-hybridized carbons (Fsp3) is 0.733. The van der Waals surface area contributed by atoms with E-state index in [1.807, 2.05) is 13.1 Å². The van der Waals surface area contributed by atoms with Gasteiger partial charge in [-0.25, -0.2) is 0 Å². The van der Waals surface area contributed by atoms with Crippen LogP contribution in [0.25, 0.3) is 0 Å². The van der Waals surface area contributed by atoms with Crippen molar-refractivity contribution in [1.29, 1.82) is 0 Å². The van der Waals surface area contributed by atoms with E-state index >= 15 is 0 Å². The second kappa shape index (κ2) is 6.42. The Bertz CT molecular complexity index is 395. The Morgan fingerprint density at radius 2 is 2.00 bits per heavy atom. The highest BCUT2D eigenvalue weighted by atomic mass is 79.9. The Hall–Kier alpha value is -0.320. The SMILES string of the molecule is CCN(CC)C1(C(NC)c2occc2Br)CCCC1. The molecule has 3 nitrogen and oxygen atoms in total. The summed E-state index contributed by atoms with van der Waals surface area (Å²) in [6.45, 7) is 6.70. The Morgan fingerprint density at radius 1 is 1.37 bits per heavy atom. The van der Waals surface area contributed by atoms with Gasteiger partial charge >= 0.3 is 0 Å². The van der Waals surface area contributed by atoms with Crippen LogP contribution in [0.1, 0.15) is 51.3 Å². The fourth-order valence-electron chi connectivity index (χ4n) is 3.78. The molecule has 1 aliphatic rings. The minimum atomic E-state index is 0.193. The van der Waals surface area contributed by atoms with E-state index in [2.05, 4.69) is 40.0 Å². The Balaban J connectivity index is 2.39. The lowest BCUT2D eigenvalue weighted by atomic mass is 9.84. The van der Waals surface area contributed by atoms with E-state index in [9.17, 15) is 0 Å². The lowest BCUT2D eigenvalue weighted by molar-refractivity contribution is 0.0570. The van der Waals surface area contributed by atoms with Crippen LogP contribution in [0, 0.1) is 0 Å². The third-order valence-corrected chi connectivity index (χ3v) is 5.25. The number of nitrogens with one attached hydrogen (secondary N) is 1. The van der Waals surface area contributed by atoms with Gasteiger partial charge in [-0.3, -0.25) is 4.90 Å². The summed E-state index contributed by atoms with van der Waals surface area (Å²) in [5, 5.41) is 3.51. The van der Waals surface area contributed by atoms with E-state index in [0.717, 1.165) is 23.3 Å². The van der Waals surface area contributed by atoms with Crippen molar-refractivity contribution in [2.24, 2.45) is 0 Å². The van der Waals surface area contributed by atoms with Gasteiger partial charge in [-0.15, -0.1) is 0 Å². The largest absolute Gasteiger partial charge is 0.466 e. The van der Waals surface area contributed by atoms with Crippen LogP contribution in [0.15, 0.2) is 21.2 Å².